The molecule has 0 aliphatic heterocycles. The number of hydrogen-bond donors (Lipinski definition) is 6. The second-order valence-corrected chi connectivity index (χ2v) is 4.72. The van der Waals surface area contributed by atoms with Crippen LogP contribution in [0.5, 0.6) is 17.2 Å². The Bertz CT molecular complexity index is 790. The van der Waals surface area contributed by atoms with Gasteiger partial charge in [0, 0.05) is 23.9 Å². The van der Waals surface area contributed by atoms with Gasteiger partial charge in [-0.15, -0.1) is 0 Å². The molecule has 0 saturated heterocycles. The average Bonchev–Trinajstić information content (AvgIpc) is 2.50. The molecule has 0 unspecified atom stereocenters. The number of hydrogen-bond acceptors (Lipinski definition) is 7. The van der Waals surface area contributed by atoms with Gasteiger partial charge in [0.15, 0.2) is 11.5 Å². The van der Waals surface area contributed by atoms with Crippen molar-refractivity contribution in [3.05, 3.63) is 41.5 Å². The Kier molecular flexibility index (Phi) is 6.44. The van der Waals surface area contributed by atoms with Crippen LogP contribution in [0, 0.1) is 0 Å². The van der Waals surface area contributed by atoms with E-state index in [-0.39, 0.29) is 39.8 Å². The van der Waals surface area contributed by atoms with Gasteiger partial charge in [-0.1, -0.05) is 0 Å². The number of aromatic hydroxyl groups is 2. The standard InChI is InChI=1S/C9H11NO4.C7H7NO3/c1-2-14-8-3-5(9(12)13)6(10)4-7(8)11;8-6-3-4(9)1-2-5(6)7(10)11/h3-4,11H,2,10H2,1H3,(H,12,13);1-3,9H,8H2,(H,10,11). The molecule has 0 heterocycles. The topological polar surface area (TPSA) is 176 Å². The van der Waals surface area contributed by atoms with Gasteiger partial charge in [-0.25, -0.2) is 9.59 Å². The highest BCUT2D eigenvalue weighted by atomic mass is 16.5. The van der Waals surface area contributed by atoms with Crippen molar-refractivity contribution < 1.29 is 34.8 Å². The summed E-state index contributed by atoms with van der Waals surface area (Å²) in [6, 6.07) is 6.10. The molecule has 0 fully saturated rings. The molecule has 0 radical (unpaired) electrons. The molecule has 0 aromatic heterocycles. The van der Waals surface area contributed by atoms with E-state index in [1.807, 2.05) is 0 Å². The predicted octanol–water partition coefficient (Wildman–Crippen LogP) is 1.74. The van der Waals surface area contributed by atoms with Crippen LogP contribution in [-0.2, 0) is 0 Å². The van der Waals surface area contributed by atoms with Gasteiger partial charge in [0.2, 0.25) is 0 Å². The minimum atomic E-state index is -1.15. The smallest absolute Gasteiger partial charge is 0.337 e. The summed E-state index contributed by atoms with van der Waals surface area (Å²) in [5, 5.41) is 35.4. The van der Waals surface area contributed by atoms with Crippen molar-refractivity contribution in [2.75, 3.05) is 18.1 Å². The van der Waals surface area contributed by atoms with Gasteiger partial charge in [0.25, 0.3) is 0 Å². The second-order valence-electron chi connectivity index (χ2n) is 4.72. The fourth-order valence-electron chi connectivity index (χ4n) is 1.79. The zero-order valence-corrected chi connectivity index (χ0v) is 13.3. The van der Waals surface area contributed by atoms with Crippen molar-refractivity contribution in [2.24, 2.45) is 0 Å². The largest absolute Gasteiger partial charge is 0.508 e. The number of carboxylic acid groups (broad SMARTS) is 2. The van der Waals surface area contributed by atoms with Crippen LogP contribution >= 0.6 is 0 Å². The van der Waals surface area contributed by atoms with E-state index in [9.17, 15) is 14.7 Å². The highest BCUT2D eigenvalue weighted by Crippen LogP contribution is 2.31. The molecular formula is C16H18N2O7. The van der Waals surface area contributed by atoms with E-state index < -0.39 is 11.9 Å². The van der Waals surface area contributed by atoms with Crippen LogP contribution in [0.25, 0.3) is 0 Å². The Labute approximate surface area is 142 Å². The van der Waals surface area contributed by atoms with Gasteiger partial charge in [-0.2, -0.15) is 0 Å². The minimum absolute atomic E-state index is 0.00259. The lowest BCUT2D eigenvalue weighted by Crippen LogP contribution is -2.03. The molecule has 0 saturated carbocycles. The Morgan fingerprint density at radius 3 is 2.00 bits per heavy atom. The maximum absolute atomic E-state index is 10.7. The first-order valence-electron chi connectivity index (χ1n) is 6.97. The van der Waals surface area contributed by atoms with E-state index in [0.717, 1.165) is 6.07 Å². The lowest BCUT2D eigenvalue weighted by atomic mass is 10.1. The molecule has 134 valence electrons. The zero-order chi connectivity index (χ0) is 19.1. The van der Waals surface area contributed by atoms with E-state index in [1.165, 1.54) is 24.3 Å². The molecule has 25 heavy (non-hydrogen) atoms. The summed E-state index contributed by atoms with van der Waals surface area (Å²) in [6.45, 7) is 2.08. The third-order valence-electron chi connectivity index (χ3n) is 2.93. The first kappa shape index (κ1) is 19.4. The van der Waals surface area contributed by atoms with Crippen molar-refractivity contribution in [3.8, 4) is 17.2 Å². The Balaban J connectivity index is 0.000000257. The highest BCUT2D eigenvalue weighted by Gasteiger charge is 2.13. The molecule has 2 rings (SSSR count). The Morgan fingerprint density at radius 1 is 0.960 bits per heavy atom. The molecule has 2 aromatic rings. The number of aromatic carboxylic acids is 2. The maximum atomic E-state index is 10.7. The lowest BCUT2D eigenvalue weighted by Gasteiger charge is -2.08. The van der Waals surface area contributed by atoms with Gasteiger partial charge in [-0.3, -0.25) is 0 Å². The van der Waals surface area contributed by atoms with Crippen LogP contribution in [0.15, 0.2) is 30.3 Å². The molecule has 0 spiro atoms. The number of carbonyl (C=O) groups is 2. The Morgan fingerprint density at radius 2 is 1.52 bits per heavy atom. The molecular weight excluding hydrogens is 332 g/mol. The summed E-state index contributed by atoms with van der Waals surface area (Å²) in [7, 11) is 0. The number of carboxylic acids is 2. The molecule has 0 atom stereocenters. The quantitative estimate of drug-likeness (QED) is 0.448. The monoisotopic (exact) mass is 350 g/mol. The first-order chi connectivity index (χ1) is 11.7. The van der Waals surface area contributed by atoms with E-state index in [1.54, 1.807) is 6.92 Å². The van der Waals surface area contributed by atoms with Crippen LogP contribution < -0.4 is 16.2 Å². The van der Waals surface area contributed by atoms with Gasteiger partial charge >= 0.3 is 11.9 Å². The van der Waals surface area contributed by atoms with Gasteiger partial charge in [0.1, 0.15) is 5.75 Å². The van der Waals surface area contributed by atoms with Gasteiger partial charge < -0.3 is 36.6 Å². The summed E-state index contributed by atoms with van der Waals surface area (Å²) in [6.07, 6.45) is 0. The van der Waals surface area contributed by atoms with Crippen LogP contribution in [0.4, 0.5) is 11.4 Å². The number of ether oxygens (including phenoxy) is 1. The SMILES string of the molecule is CCOc1cc(C(=O)O)c(N)cc1O.Nc1cc(O)ccc1C(=O)O. The molecule has 9 heteroatoms. The molecule has 8 N–H and O–H groups in total. The molecule has 0 bridgehead atoms. The number of nitrogens with two attached hydrogens (primary N) is 2. The third-order valence-corrected chi connectivity index (χ3v) is 2.93. The molecule has 2 aromatic carbocycles. The highest BCUT2D eigenvalue weighted by molar-refractivity contribution is 5.95. The fraction of sp³-hybridized carbons (Fsp3) is 0.125. The van der Waals surface area contributed by atoms with Crippen LogP contribution in [0.1, 0.15) is 27.6 Å². The first-order valence-corrected chi connectivity index (χ1v) is 6.97. The second kappa shape index (κ2) is 8.29. The van der Waals surface area contributed by atoms with Crippen molar-refractivity contribution >= 4 is 23.3 Å². The van der Waals surface area contributed by atoms with E-state index in [4.69, 9.17) is 31.5 Å². The Hall–Kier alpha value is -3.62. The van der Waals surface area contributed by atoms with Crippen LogP contribution in [0.3, 0.4) is 0 Å². The number of phenols is 2. The van der Waals surface area contributed by atoms with Crippen molar-refractivity contribution in [2.45, 2.75) is 6.92 Å². The maximum Gasteiger partial charge on any atom is 0.337 e. The molecule has 0 aliphatic carbocycles. The average molecular weight is 350 g/mol. The summed E-state index contributed by atoms with van der Waals surface area (Å²) >= 11 is 0. The summed E-state index contributed by atoms with van der Waals surface area (Å²) in [4.78, 5) is 21.0. The number of nitrogen functional groups attached to an aromatic ring is 2. The fourth-order valence-corrected chi connectivity index (χ4v) is 1.79. The van der Waals surface area contributed by atoms with Crippen LogP contribution in [-0.4, -0.2) is 39.0 Å². The normalized spacial score (nSPS) is 9.64. The minimum Gasteiger partial charge on any atom is -0.508 e. The van der Waals surface area contributed by atoms with E-state index in [2.05, 4.69) is 0 Å². The predicted molar refractivity (Wildman–Crippen MR) is 90.1 cm³/mol. The summed E-state index contributed by atoms with van der Waals surface area (Å²) in [5.74, 6) is -2.31. The summed E-state index contributed by atoms with van der Waals surface area (Å²) < 4.78 is 5.01. The lowest BCUT2D eigenvalue weighted by molar-refractivity contribution is 0.0687. The molecule has 0 amide bonds. The number of rotatable bonds is 4. The third kappa shape index (κ3) is 5.20. The van der Waals surface area contributed by atoms with Gasteiger partial charge in [0.05, 0.1) is 23.4 Å². The number of anilines is 2. The number of benzene rings is 2. The van der Waals surface area contributed by atoms with Gasteiger partial charge in [-0.05, 0) is 19.1 Å². The van der Waals surface area contributed by atoms with Crippen molar-refractivity contribution in [3.63, 3.8) is 0 Å². The summed E-state index contributed by atoms with van der Waals surface area (Å²) in [5.41, 5.74) is 10.7. The molecule has 9 nitrogen and oxygen atoms in total. The number of phenolic OH excluding ortho intramolecular Hbond substituents is 2. The van der Waals surface area contributed by atoms with Crippen molar-refractivity contribution in [1.29, 1.82) is 0 Å². The van der Waals surface area contributed by atoms with Crippen LogP contribution in [0.2, 0.25) is 0 Å². The zero-order valence-electron chi connectivity index (χ0n) is 13.3. The van der Waals surface area contributed by atoms with Crippen molar-refractivity contribution in [1.82, 2.24) is 0 Å². The van der Waals surface area contributed by atoms with E-state index >= 15 is 0 Å². The molecule has 0 aliphatic rings. The van der Waals surface area contributed by atoms with E-state index in [0.29, 0.717) is 6.61 Å².